The van der Waals surface area contributed by atoms with E-state index < -0.39 is 0 Å². The first-order valence-corrected chi connectivity index (χ1v) is 13.6. The number of halogens is 1. The number of hydrogen-bond donors (Lipinski definition) is 1. The number of nitrogens with one attached hydrogen (secondary N) is 1. The van der Waals surface area contributed by atoms with Gasteiger partial charge < -0.3 is 0 Å². The van der Waals surface area contributed by atoms with Crippen LogP contribution in [0.25, 0.3) is 22.2 Å². The van der Waals surface area contributed by atoms with Crippen LogP contribution >= 0.6 is 23.4 Å². The molecule has 1 N–H and O–H groups in total. The summed E-state index contributed by atoms with van der Waals surface area (Å²) in [5.41, 5.74) is 5.41. The van der Waals surface area contributed by atoms with Crippen LogP contribution in [0.15, 0.2) is 77.0 Å². The van der Waals surface area contributed by atoms with E-state index in [0.29, 0.717) is 11.1 Å². The van der Waals surface area contributed by atoms with Crippen molar-refractivity contribution in [3.63, 3.8) is 0 Å². The van der Waals surface area contributed by atoms with Crippen LogP contribution in [0.5, 0.6) is 0 Å². The molecule has 36 heavy (non-hydrogen) atoms. The molecule has 1 fully saturated rings. The van der Waals surface area contributed by atoms with Crippen molar-refractivity contribution in [2.45, 2.75) is 50.2 Å². The summed E-state index contributed by atoms with van der Waals surface area (Å²) in [5.74, 6) is 0.859. The number of fused-ring (bicyclic) bond motifs is 1. The summed E-state index contributed by atoms with van der Waals surface area (Å²) in [6.45, 7) is 1.90. The number of hydrazone groups is 1. The Balaban J connectivity index is 1.28. The van der Waals surface area contributed by atoms with E-state index in [1.54, 1.807) is 0 Å². The molecule has 5 rings (SSSR count). The van der Waals surface area contributed by atoms with E-state index in [1.807, 2.05) is 49.4 Å². The molecule has 8 heteroatoms. The van der Waals surface area contributed by atoms with Crippen molar-refractivity contribution in [3.8, 4) is 11.4 Å². The molecule has 1 amide bonds. The summed E-state index contributed by atoms with van der Waals surface area (Å²) in [5, 5.41) is 17.1. The van der Waals surface area contributed by atoms with Crippen LogP contribution in [-0.4, -0.2) is 32.1 Å². The first kappa shape index (κ1) is 24.5. The van der Waals surface area contributed by atoms with E-state index in [4.69, 9.17) is 11.6 Å². The van der Waals surface area contributed by atoms with E-state index in [1.165, 1.54) is 36.4 Å². The number of hydrogen-bond acceptors (Lipinski definition) is 5. The predicted octanol–water partition coefficient (Wildman–Crippen LogP) is 6.89. The first-order valence-electron chi connectivity index (χ1n) is 12.2. The Labute approximate surface area is 220 Å². The minimum Gasteiger partial charge on any atom is -0.299 e. The van der Waals surface area contributed by atoms with Crippen LogP contribution in [0.4, 0.5) is 0 Å². The molecule has 6 nitrogen and oxygen atoms in total. The molecule has 1 saturated carbocycles. The second kappa shape index (κ2) is 11.3. The third-order valence-electron chi connectivity index (χ3n) is 6.55. The standard InChI is InChI=1S/C28H28ClN5OS/c1-19(22-12-11-20-7-5-6-8-23(20)17-22)30-31-26(35)18-36-28-33-32-27(21-13-15-24(29)16-14-21)34(28)25-9-3-2-4-10-25/h5-8,11-17,25H,2-4,9-10,18H2,1H3,(H,31,35)/b30-19-. The number of aromatic nitrogens is 3. The highest BCUT2D eigenvalue weighted by Crippen LogP contribution is 2.35. The quantitative estimate of drug-likeness (QED) is 0.164. The number of nitrogens with zero attached hydrogens (tertiary/aromatic N) is 4. The van der Waals surface area contributed by atoms with Crippen LogP contribution in [0.3, 0.4) is 0 Å². The largest absolute Gasteiger partial charge is 0.299 e. The average molecular weight is 518 g/mol. The summed E-state index contributed by atoms with van der Waals surface area (Å²) in [6.07, 6.45) is 5.82. The fourth-order valence-corrected chi connectivity index (χ4v) is 5.55. The third kappa shape index (κ3) is 5.63. The lowest BCUT2D eigenvalue weighted by molar-refractivity contribution is -0.118. The maximum absolute atomic E-state index is 12.7. The fraction of sp³-hybridized carbons (Fsp3) is 0.286. The molecule has 3 aromatic carbocycles. The molecular formula is C28H28ClN5OS. The van der Waals surface area contributed by atoms with Crippen molar-refractivity contribution >= 4 is 45.8 Å². The van der Waals surface area contributed by atoms with Gasteiger partial charge in [-0.25, -0.2) is 5.43 Å². The molecule has 0 spiro atoms. The minimum atomic E-state index is -0.175. The van der Waals surface area contributed by atoms with Crippen molar-refractivity contribution in [1.82, 2.24) is 20.2 Å². The second-order valence-corrected chi connectivity index (χ2v) is 10.4. The Morgan fingerprint density at radius 3 is 2.56 bits per heavy atom. The monoisotopic (exact) mass is 517 g/mol. The number of benzene rings is 3. The molecule has 1 aromatic heterocycles. The lowest BCUT2D eigenvalue weighted by Crippen LogP contribution is -2.22. The molecule has 0 atom stereocenters. The molecule has 0 saturated heterocycles. The molecule has 1 aliphatic carbocycles. The normalized spacial score (nSPS) is 14.8. The van der Waals surface area contributed by atoms with Crippen molar-refractivity contribution in [1.29, 1.82) is 0 Å². The molecule has 0 unspecified atom stereocenters. The topological polar surface area (TPSA) is 72.2 Å². The van der Waals surface area contributed by atoms with Gasteiger partial charge in [0.05, 0.1) is 11.5 Å². The summed E-state index contributed by atoms with van der Waals surface area (Å²) < 4.78 is 2.21. The molecule has 184 valence electrons. The number of rotatable bonds is 7. The Hall–Kier alpha value is -3.16. The summed E-state index contributed by atoms with van der Waals surface area (Å²) in [6, 6.07) is 22.4. The van der Waals surface area contributed by atoms with Crippen LogP contribution < -0.4 is 5.43 Å². The molecule has 0 bridgehead atoms. The van der Waals surface area contributed by atoms with Gasteiger partial charge in [0.15, 0.2) is 11.0 Å². The maximum Gasteiger partial charge on any atom is 0.250 e. The van der Waals surface area contributed by atoms with E-state index in [0.717, 1.165) is 46.0 Å². The van der Waals surface area contributed by atoms with Gasteiger partial charge in [0.25, 0.3) is 5.91 Å². The second-order valence-electron chi connectivity index (χ2n) is 9.06. The highest BCUT2D eigenvalue weighted by Gasteiger charge is 2.24. The molecule has 1 heterocycles. The summed E-state index contributed by atoms with van der Waals surface area (Å²) in [7, 11) is 0. The van der Waals surface area contributed by atoms with Crippen LogP contribution in [-0.2, 0) is 4.79 Å². The zero-order valence-corrected chi connectivity index (χ0v) is 21.7. The molecule has 0 radical (unpaired) electrons. The van der Waals surface area contributed by atoms with E-state index in [9.17, 15) is 4.79 Å². The van der Waals surface area contributed by atoms with Gasteiger partial charge in [-0.1, -0.05) is 79.0 Å². The van der Waals surface area contributed by atoms with Gasteiger partial charge in [-0.2, -0.15) is 5.10 Å². The molecule has 1 aliphatic rings. The lowest BCUT2D eigenvalue weighted by Gasteiger charge is -2.25. The molecule has 0 aliphatic heterocycles. The average Bonchev–Trinajstić information content (AvgIpc) is 3.35. The molecular weight excluding hydrogens is 490 g/mol. The maximum atomic E-state index is 12.7. The predicted molar refractivity (Wildman–Crippen MR) is 148 cm³/mol. The summed E-state index contributed by atoms with van der Waals surface area (Å²) in [4.78, 5) is 12.7. The van der Waals surface area contributed by atoms with Gasteiger partial charge in [0, 0.05) is 16.6 Å². The van der Waals surface area contributed by atoms with E-state index in [-0.39, 0.29) is 11.7 Å². The van der Waals surface area contributed by atoms with Gasteiger partial charge in [0.1, 0.15) is 0 Å². The zero-order valence-electron chi connectivity index (χ0n) is 20.2. The summed E-state index contributed by atoms with van der Waals surface area (Å²) >= 11 is 7.49. The Kier molecular flexibility index (Phi) is 7.68. The number of carbonyl (C=O) groups excluding carboxylic acids is 1. The first-order chi connectivity index (χ1) is 17.6. The minimum absolute atomic E-state index is 0.175. The number of amides is 1. The third-order valence-corrected chi connectivity index (χ3v) is 7.75. The van der Waals surface area contributed by atoms with Crippen molar-refractivity contribution in [2.24, 2.45) is 5.10 Å². The van der Waals surface area contributed by atoms with Gasteiger partial charge in [-0.3, -0.25) is 9.36 Å². The van der Waals surface area contributed by atoms with Gasteiger partial charge >= 0.3 is 0 Å². The molecule has 4 aromatic rings. The van der Waals surface area contributed by atoms with Gasteiger partial charge in [-0.05, 0) is 66.4 Å². The Morgan fingerprint density at radius 2 is 1.78 bits per heavy atom. The highest BCUT2D eigenvalue weighted by atomic mass is 35.5. The van der Waals surface area contributed by atoms with Gasteiger partial charge in [0.2, 0.25) is 0 Å². The van der Waals surface area contributed by atoms with E-state index in [2.05, 4.69) is 49.6 Å². The Morgan fingerprint density at radius 1 is 1.03 bits per heavy atom. The van der Waals surface area contributed by atoms with Crippen LogP contribution in [0, 0.1) is 0 Å². The van der Waals surface area contributed by atoms with Crippen LogP contribution in [0.2, 0.25) is 5.02 Å². The van der Waals surface area contributed by atoms with Crippen LogP contribution in [0.1, 0.15) is 50.6 Å². The van der Waals surface area contributed by atoms with Gasteiger partial charge in [-0.15, -0.1) is 10.2 Å². The Bertz CT molecular complexity index is 1390. The number of carbonyl (C=O) groups is 1. The van der Waals surface area contributed by atoms with Crippen molar-refractivity contribution < 1.29 is 4.79 Å². The smallest absolute Gasteiger partial charge is 0.250 e. The number of thioether (sulfide) groups is 1. The van der Waals surface area contributed by atoms with Crippen molar-refractivity contribution in [2.75, 3.05) is 5.75 Å². The lowest BCUT2D eigenvalue weighted by atomic mass is 9.95. The zero-order chi connectivity index (χ0) is 24.9. The van der Waals surface area contributed by atoms with E-state index >= 15 is 0 Å². The van der Waals surface area contributed by atoms with Crippen molar-refractivity contribution in [3.05, 3.63) is 77.3 Å². The fourth-order valence-electron chi connectivity index (χ4n) is 4.63. The highest BCUT2D eigenvalue weighted by molar-refractivity contribution is 7.99. The SMILES string of the molecule is C/C(=N/NC(=O)CSc1nnc(-c2ccc(Cl)cc2)n1C1CCCCC1)c1ccc2ccccc2c1.